The first-order chi connectivity index (χ1) is 10.7. The van der Waals surface area contributed by atoms with E-state index in [0.717, 1.165) is 16.5 Å². The van der Waals surface area contributed by atoms with E-state index in [4.69, 9.17) is 12.2 Å². The highest BCUT2D eigenvalue weighted by Crippen LogP contribution is 2.39. The molecule has 1 saturated heterocycles. The van der Waals surface area contributed by atoms with Crippen LogP contribution in [0.5, 0.6) is 0 Å². The Labute approximate surface area is 135 Å². The van der Waals surface area contributed by atoms with E-state index in [-0.39, 0.29) is 12.3 Å². The number of thiocarbonyl (C=S) groups is 1. The van der Waals surface area contributed by atoms with Crippen molar-refractivity contribution in [2.75, 3.05) is 29.2 Å². The van der Waals surface area contributed by atoms with Crippen molar-refractivity contribution in [3.05, 3.63) is 54.6 Å². The fraction of sp³-hybridized carbons (Fsp3) is 0.235. The number of likely N-dealkylation sites (N-methyl/N-ethyl adjacent to an activating group) is 2. The zero-order chi connectivity index (χ0) is 15.3. The molecule has 4 nitrogen and oxygen atoms in total. The van der Waals surface area contributed by atoms with Crippen LogP contribution in [0.2, 0.25) is 0 Å². The number of nitrogens with zero attached hydrogens (tertiary/aromatic N) is 3. The maximum absolute atomic E-state index is 5.71. The van der Waals surface area contributed by atoms with Crippen LogP contribution in [0.25, 0.3) is 0 Å². The highest BCUT2D eigenvalue weighted by Gasteiger charge is 2.47. The Morgan fingerprint density at radius 3 is 2.36 bits per heavy atom. The van der Waals surface area contributed by atoms with Crippen molar-refractivity contribution in [3.8, 4) is 0 Å². The molecule has 0 amide bonds. The molecule has 0 aliphatic carbocycles. The lowest BCUT2D eigenvalue weighted by molar-refractivity contribution is 0.367. The van der Waals surface area contributed by atoms with Crippen molar-refractivity contribution in [3.63, 3.8) is 0 Å². The number of anilines is 3. The molecule has 22 heavy (non-hydrogen) atoms. The zero-order valence-electron chi connectivity index (χ0n) is 12.6. The molecule has 2 aliphatic rings. The number of benzene rings is 2. The summed E-state index contributed by atoms with van der Waals surface area (Å²) >= 11 is 5.71. The van der Waals surface area contributed by atoms with E-state index in [0.29, 0.717) is 0 Å². The van der Waals surface area contributed by atoms with Crippen LogP contribution in [-0.4, -0.2) is 36.4 Å². The van der Waals surface area contributed by atoms with Crippen LogP contribution in [0, 0.1) is 0 Å². The maximum Gasteiger partial charge on any atom is 0.179 e. The van der Waals surface area contributed by atoms with E-state index in [9.17, 15) is 0 Å². The first-order valence-corrected chi connectivity index (χ1v) is 7.79. The Bertz CT molecular complexity index is 718. The number of rotatable bonds is 1. The van der Waals surface area contributed by atoms with Gasteiger partial charge in [-0.25, -0.2) is 0 Å². The molecule has 0 saturated carbocycles. The second kappa shape index (κ2) is 4.88. The molecule has 0 radical (unpaired) electrons. The first kappa shape index (κ1) is 13.4. The number of para-hydroxylation sites is 3. The molecule has 112 valence electrons. The van der Waals surface area contributed by atoms with Crippen molar-refractivity contribution < 1.29 is 0 Å². The van der Waals surface area contributed by atoms with Crippen molar-refractivity contribution in [2.45, 2.75) is 12.3 Å². The minimum Gasteiger partial charge on any atom is -0.360 e. The lowest BCUT2D eigenvalue weighted by atomic mass is 10.1. The van der Waals surface area contributed by atoms with Crippen LogP contribution in [0.4, 0.5) is 17.1 Å². The number of fused-ring (bicyclic) bond motifs is 2. The lowest BCUT2D eigenvalue weighted by Gasteiger charge is -2.41. The average molecular weight is 310 g/mol. The van der Waals surface area contributed by atoms with Gasteiger partial charge in [0.05, 0.1) is 11.4 Å². The van der Waals surface area contributed by atoms with Gasteiger partial charge in [0.15, 0.2) is 5.11 Å². The van der Waals surface area contributed by atoms with Gasteiger partial charge in [-0.2, -0.15) is 0 Å². The van der Waals surface area contributed by atoms with Gasteiger partial charge in [-0.3, -0.25) is 4.90 Å². The van der Waals surface area contributed by atoms with Gasteiger partial charge in [0, 0.05) is 19.8 Å². The van der Waals surface area contributed by atoms with E-state index in [1.807, 2.05) is 18.2 Å². The highest BCUT2D eigenvalue weighted by atomic mass is 32.1. The number of hydrogen-bond donors (Lipinski definition) is 1. The summed E-state index contributed by atoms with van der Waals surface area (Å²) in [7, 11) is 4.19. The van der Waals surface area contributed by atoms with Crippen molar-refractivity contribution >= 4 is 34.4 Å². The highest BCUT2D eigenvalue weighted by molar-refractivity contribution is 7.80. The third-order valence-electron chi connectivity index (χ3n) is 4.48. The molecule has 0 unspecified atom stereocenters. The Morgan fingerprint density at radius 1 is 0.909 bits per heavy atom. The fourth-order valence-corrected chi connectivity index (χ4v) is 3.75. The summed E-state index contributed by atoms with van der Waals surface area (Å²) in [5.41, 5.74) is 3.46. The first-order valence-electron chi connectivity index (χ1n) is 7.38. The third-order valence-corrected chi connectivity index (χ3v) is 4.97. The molecule has 2 aliphatic heterocycles. The summed E-state index contributed by atoms with van der Waals surface area (Å²) in [4.78, 5) is 6.66. The minimum atomic E-state index is 0.0970. The van der Waals surface area contributed by atoms with Crippen LogP contribution in [0.3, 0.4) is 0 Å². The monoisotopic (exact) mass is 310 g/mol. The summed E-state index contributed by atoms with van der Waals surface area (Å²) in [6.45, 7) is 0. The summed E-state index contributed by atoms with van der Waals surface area (Å²) < 4.78 is 0. The molecule has 0 bridgehead atoms. The van der Waals surface area contributed by atoms with Crippen LogP contribution in [0.1, 0.15) is 0 Å². The van der Waals surface area contributed by atoms with Gasteiger partial charge in [0.2, 0.25) is 0 Å². The van der Waals surface area contributed by atoms with Crippen molar-refractivity contribution in [2.24, 2.45) is 0 Å². The van der Waals surface area contributed by atoms with Gasteiger partial charge >= 0.3 is 0 Å². The second-order valence-electron chi connectivity index (χ2n) is 5.73. The smallest absolute Gasteiger partial charge is 0.179 e. The average Bonchev–Trinajstić information content (AvgIpc) is 2.80. The predicted octanol–water partition coefficient (Wildman–Crippen LogP) is 2.94. The van der Waals surface area contributed by atoms with Gasteiger partial charge in [-0.1, -0.05) is 30.3 Å². The zero-order valence-corrected chi connectivity index (χ0v) is 13.4. The Morgan fingerprint density at radius 2 is 1.59 bits per heavy atom. The molecular formula is C17H18N4S. The molecule has 2 heterocycles. The third kappa shape index (κ3) is 1.78. The summed E-state index contributed by atoms with van der Waals surface area (Å²) in [5.74, 6) is 0. The van der Waals surface area contributed by atoms with E-state index in [1.54, 1.807) is 0 Å². The van der Waals surface area contributed by atoms with Gasteiger partial charge in [-0.05, 0) is 36.5 Å². The van der Waals surface area contributed by atoms with Gasteiger partial charge in [0.25, 0.3) is 0 Å². The predicted molar refractivity (Wildman–Crippen MR) is 95.3 cm³/mol. The largest absolute Gasteiger partial charge is 0.360 e. The standard InChI is InChI=1S/C17H18N4S/c1-19-14-11-7-6-10-13(14)18-15-16(19)20(2)17(22)21(15)12-8-4-3-5-9-12/h3-11,15-16,18H,1-2H3/t15-,16+/m1/s1. The van der Waals surface area contributed by atoms with Gasteiger partial charge < -0.3 is 15.1 Å². The molecule has 2 aromatic carbocycles. The molecule has 0 spiro atoms. The molecule has 5 heteroatoms. The Hall–Kier alpha value is -2.27. The topological polar surface area (TPSA) is 21.8 Å². The van der Waals surface area contributed by atoms with Crippen LogP contribution in [-0.2, 0) is 0 Å². The molecular weight excluding hydrogens is 292 g/mol. The second-order valence-corrected chi connectivity index (χ2v) is 6.10. The summed E-state index contributed by atoms with van der Waals surface area (Å²) in [5, 5.41) is 4.49. The fourth-order valence-electron chi connectivity index (χ4n) is 3.42. The SMILES string of the molecule is CN1C(=S)N(c2ccccc2)[C@H]2Nc3ccccc3N(C)[C@H]21. The molecule has 4 rings (SSSR count). The van der Waals surface area contributed by atoms with E-state index in [1.165, 1.54) is 5.69 Å². The molecule has 1 N–H and O–H groups in total. The Balaban J connectivity index is 1.81. The van der Waals surface area contributed by atoms with E-state index in [2.05, 4.69) is 70.5 Å². The Kier molecular flexibility index (Phi) is 2.97. The van der Waals surface area contributed by atoms with Gasteiger partial charge in [-0.15, -0.1) is 0 Å². The summed E-state index contributed by atoms with van der Waals surface area (Å²) in [6.07, 6.45) is 0.266. The van der Waals surface area contributed by atoms with Crippen LogP contribution < -0.4 is 15.1 Å². The normalized spacial score (nSPS) is 23.2. The molecule has 1 fully saturated rings. The molecule has 0 aromatic heterocycles. The van der Waals surface area contributed by atoms with E-state index < -0.39 is 0 Å². The van der Waals surface area contributed by atoms with Crippen LogP contribution in [0.15, 0.2) is 54.6 Å². The van der Waals surface area contributed by atoms with Crippen molar-refractivity contribution in [1.29, 1.82) is 0 Å². The molecule has 2 atom stereocenters. The lowest BCUT2D eigenvalue weighted by Crippen LogP contribution is -2.54. The maximum atomic E-state index is 5.71. The summed E-state index contributed by atoms with van der Waals surface area (Å²) in [6, 6.07) is 18.7. The van der Waals surface area contributed by atoms with Crippen molar-refractivity contribution in [1.82, 2.24) is 4.90 Å². The minimum absolute atomic E-state index is 0.0970. The van der Waals surface area contributed by atoms with Gasteiger partial charge in [0.1, 0.15) is 12.3 Å². The molecule has 2 aromatic rings. The number of nitrogens with one attached hydrogen (secondary N) is 1. The number of hydrogen-bond acceptors (Lipinski definition) is 3. The van der Waals surface area contributed by atoms with Crippen LogP contribution >= 0.6 is 12.2 Å². The van der Waals surface area contributed by atoms with E-state index >= 15 is 0 Å². The quantitative estimate of drug-likeness (QED) is 0.815.